The van der Waals surface area contributed by atoms with Crippen molar-refractivity contribution in [3.63, 3.8) is 0 Å². The van der Waals surface area contributed by atoms with E-state index in [0.29, 0.717) is 39.5 Å². The highest BCUT2D eigenvalue weighted by molar-refractivity contribution is 6.34. The van der Waals surface area contributed by atoms with E-state index in [1.54, 1.807) is 66.7 Å². The van der Waals surface area contributed by atoms with Crippen LogP contribution in [0.25, 0.3) is 22.3 Å². The van der Waals surface area contributed by atoms with E-state index in [2.05, 4.69) is 0 Å². The van der Waals surface area contributed by atoms with Gasteiger partial charge in [0.1, 0.15) is 5.58 Å². The molecule has 0 unspecified atom stereocenters. The summed E-state index contributed by atoms with van der Waals surface area (Å²) < 4.78 is 22.4. The van der Waals surface area contributed by atoms with Gasteiger partial charge in [-0.25, -0.2) is 9.69 Å². The van der Waals surface area contributed by atoms with Gasteiger partial charge in [-0.05, 0) is 66.7 Å². The Bertz CT molecular complexity index is 1890. The molecule has 0 spiro atoms. The van der Waals surface area contributed by atoms with Crippen molar-refractivity contribution in [2.45, 2.75) is 0 Å². The van der Waals surface area contributed by atoms with Crippen LogP contribution in [0.1, 0.15) is 31.1 Å². The second kappa shape index (κ2) is 10.1. The number of carbonyl (C=O) groups is 3. The van der Waals surface area contributed by atoms with Gasteiger partial charge in [-0.15, -0.1) is 0 Å². The van der Waals surface area contributed by atoms with Gasteiger partial charge in [0, 0.05) is 5.56 Å². The number of hydrogen-bond donors (Lipinski definition) is 0. The van der Waals surface area contributed by atoms with Gasteiger partial charge in [0.2, 0.25) is 11.2 Å². The lowest BCUT2D eigenvalue weighted by molar-refractivity contribution is 0.0731. The first-order valence-electron chi connectivity index (χ1n) is 12.5. The Labute approximate surface area is 233 Å². The molecule has 1 aromatic heterocycles. The van der Waals surface area contributed by atoms with Crippen LogP contribution in [0.3, 0.4) is 0 Å². The number of nitrogens with zero attached hydrogens (tertiary/aromatic N) is 1. The van der Waals surface area contributed by atoms with E-state index in [1.807, 2.05) is 0 Å². The third-order valence-corrected chi connectivity index (χ3v) is 6.75. The molecule has 0 atom stereocenters. The second-order valence-corrected chi connectivity index (χ2v) is 9.08. The lowest BCUT2D eigenvalue weighted by Crippen LogP contribution is -2.29. The number of methoxy groups -OCH3 is 2. The molecule has 0 radical (unpaired) electrons. The minimum atomic E-state index is -0.830. The Morgan fingerprint density at radius 2 is 1.37 bits per heavy atom. The van der Waals surface area contributed by atoms with Crippen LogP contribution < -0.4 is 24.5 Å². The summed E-state index contributed by atoms with van der Waals surface area (Å²) in [6.07, 6.45) is 0. The molecule has 41 heavy (non-hydrogen) atoms. The highest BCUT2D eigenvalue weighted by Crippen LogP contribution is 2.37. The number of carbonyl (C=O) groups excluding carboxylic acids is 3. The number of hydrogen-bond acceptors (Lipinski definition) is 8. The summed E-state index contributed by atoms with van der Waals surface area (Å²) in [6, 6.07) is 23.9. The molecule has 2 heterocycles. The fourth-order valence-electron chi connectivity index (χ4n) is 4.71. The summed E-state index contributed by atoms with van der Waals surface area (Å²) >= 11 is 0. The standard InChI is InChI=1S/C32H21NO8/c1-38-25-16-13-19(17-26(25)39-2)28-29(27(34)23-9-5-6-10-24(23)40-28)41-32(37)18-11-14-20(15-12-18)33-30(35)21-7-3-4-8-22(21)31(33)36/h3-17H,1-2H3. The van der Waals surface area contributed by atoms with Crippen molar-refractivity contribution in [2.24, 2.45) is 0 Å². The van der Waals surface area contributed by atoms with Gasteiger partial charge < -0.3 is 18.6 Å². The summed E-state index contributed by atoms with van der Waals surface area (Å²) in [5, 5.41) is 0.237. The van der Waals surface area contributed by atoms with E-state index in [0.717, 1.165) is 4.90 Å². The van der Waals surface area contributed by atoms with E-state index in [4.69, 9.17) is 18.6 Å². The summed E-state index contributed by atoms with van der Waals surface area (Å²) in [5.41, 5.74) is 1.22. The van der Waals surface area contributed by atoms with Crippen molar-refractivity contribution in [1.29, 1.82) is 0 Å². The zero-order valence-corrected chi connectivity index (χ0v) is 21.9. The molecule has 0 N–H and O–H groups in total. The predicted octanol–water partition coefficient (Wildman–Crippen LogP) is 5.50. The van der Waals surface area contributed by atoms with Crippen molar-refractivity contribution in [2.75, 3.05) is 19.1 Å². The van der Waals surface area contributed by atoms with Crippen LogP contribution in [0.2, 0.25) is 0 Å². The molecule has 0 bridgehead atoms. The average Bonchev–Trinajstić information content (AvgIpc) is 3.27. The van der Waals surface area contributed by atoms with E-state index in [1.165, 1.54) is 38.5 Å². The summed E-state index contributed by atoms with van der Waals surface area (Å²) in [7, 11) is 2.98. The molecule has 2 amide bonds. The second-order valence-electron chi connectivity index (χ2n) is 9.08. The van der Waals surface area contributed by atoms with Crippen molar-refractivity contribution < 1.29 is 33.0 Å². The largest absolute Gasteiger partial charge is 0.493 e. The average molecular weight is 548 g/mol. The molecule has 9 nitrogen and oxygen atoms in total. The molecule has 4 aromatic carbocycles. The van der Waals surface area contributed by atoms with Crippen molar-refractivity contribution >= 4 is 34.4 Å². The SMILES string of the molecule is COc1ccc(-c2oc3ccccc3c(=O)c2OC(=O)c2ccc(N3C(=O)c4ccccc4C3=O)cc2)cc1OC. The van der Waals surface area contributed by atoms with Gasteiger partial charge in [0.05, 0.1) is 42.0 Å². The Balaban J connectivity index is 1.36. The maximum Gasteiger partial charge on any atom is 0.343 e. The lowest BCUT2D eigenvalue weighted by Gasteiger charge is -2.15. The smallest absolute Gasteiger partial charge is 0.343 e. The lowest BCUT2D eigenvalue weighted by atomic mass is 10.1. The number of rotatable bonds is 6. The van der Waals surface area contributed by atoms with E-state index in [9.17, 15) is 19.2 Å². The number of benzene rings is 4. The van der Waals surface area contributed by atoms with Crippen molar-refractivity contribution in [3.8, 4) is 28.6 Å². The maximum absolute atomic E-state index is 13.5. The molecule has 0 aliphatic carbocycles. The zero-order chi connectivity index (χ0) is 28.7. The highest BCUT2D eigenvalue weighted by atomic mass is 16.5. The van der Waals surface area contributed by atoms with Gasteiger partial charge in [-0.1, -0.05) is 24.3 Å². The summed E-state index contributed by atoms with van der Waals surface area (Å²) in [5.74, 6) is -1.14. The minimum absolute atomic E-state index is 0.0330. The van der Waals surface area contributed by atoms with Crippen molar-refractivity contribution in [1.82, 2.24) is 0 Å². The van der Waals surface area contributed by atoms with Crippen LogP contribution in [0.4, 0.5) is 5.69 Å². The van der Waals surface area contributed by atoms with E-state index in [-0.39, 0.29) is 22.5 Å². The van der Waals surface area contributed by atoms with Gasteiger partial charge in [-0.2, -0.15) is 0 Å². The number of imide groups is 1. The van der Waals surface area contributed by atoms with Crippen molar-refractivity contribution in [3.05, 3.63) is 118 Å². The third kappa shape index (κ3) is 4.29. The van der Waals surface area contributed by atoms with Crippen LogP contribution in [-0.2, 0) is 0 Å². The van der Waals surface area contributed by atoms with Gasteiger partial charge in [0.25, 0.3) is 11.8 Å². The molecule has 6 rings (SSSR count). The Hall–Kier alpha value is -5.70. The molecule has 0 fully saturated rings. The first-order chi connectivity index (χ1) is 19.9. The molecule has 1 aliphatic rings. The molecule has 9 heteroatoms. The molecular weight excluding hydrogens is 526 g/mol. The fourth-order valence-corrected chi connectivity index (χ4v) is 4.71. The predicted molar refractivity (Wildman–Crippen MR) is 150 cm³/mol. The summed E-state index contributed by atoms with van der Waals surface area (Å²) in [6.45, 7) is 0. The Morgan fingerprint density at radius 1 is 0.732 bits per heavy atom. The number of amides is 2. The van der Waals surface area contributed by atoms with Gasteiger partial charge in [0.15, 0.2) is 17.3 Å². The summed E-state index contributed by atoms with van der Waals surface area (Å²) in [4.78, 5) is 53.4. The molecule has 5 aromatic rings. The first kappa shape index (κ1) is 25.6. The fraction of sp³-hybridized carbons (Fsp3) is 0.0625. The Morgan fingerprint density at radius 3 is 2.02 bits per heavy atom. The van der Waals surface area contributed by atoms with Crippen LogP contribution in [0.15, 0.2) is 100 Å². The molecule has 0 saturated carbocycles. The molecule has 0 saturated heterocycles. The number of anilines is 1. The molecule has 202 valence electrons. The van der Waals surface area contributed by atoms with Crippen LogP contribution in [0, 0.1) is 0 Å². The quantitative estimate of drug-likeness (QED) is 0.202. The topological polar surface area (TPSA) is 112 Å². The maximum atomic E-state index is 13.5. The normalized spacial score (nSPS) is 12.4. The monoisotopic (exact) mass is 547 g/mol. The van der Waals surface area contributed by atoms with E-state index < -0.39 is 23.2 Å². The van der Waals surface area contributed by atoms with Crippen LogP contribution >= 0.6 is 0 Å². The number of ether oxygens (including phenoxy) is 3. The Kier molecular flexibility index (Phi) is 6.31. The van der Waals surface area contributed by atoms with E-state index >= 15 is 0 Å². The molecular formula is C32H21NO8. The van der Waals surface area contributed by atoms with Gasteiger partial charge in [-0.3, -0.25) is 14.4 Å². The minimum Gasteiger partial charge on any atom is -0.493 e. The van der Waals surface area contributed by atoms with Crippen LogP contribution in [0.5, 0.6) is 17.2 Å². The number of para-hydroxylation sites is 1. The first-order valence-corrected chi connectivity index (χ1v) is 12.5. The highest BCUT2D eigenvalue weighted by Gasteiger charge is 2.36. The molecule has 1 aliphatic heterocycles. The van der Waals surface area contributed by atoms with Gasteiger partial charge >= 0.3 is 5.97 Å². The number of esters is 1. The number of fused-ring (bicyclic) bond motifs is 2. The van der Waals surface area contributed by atoms with Crippen LogP contribution in [-0.4, -0.2) is 32.0 Å². The third-order valence-electron chi connectivity index (χ3n) is 6.75. The zero-order valence-electron chi connectivity index (χ0n) is 21.9.